The van der Waals surface area contributed by atoms with Gasteiger partial charge in [0.15, 0.2) is 0 Å². The normalized spacial score (nSPS) is 12.4. The molecule has 0 bridgehead atoms. The lowest BCUT2D eigenvalue weighted by atomic mass is 9.91. The topological polar surface area (TPSA) is 75.8 Å². The molecule has 0 aliphatic rings. The molecule has 0 amide bonds. The summed E-state index contributed by atoms with van der Waals surface area (Å²) in [6, 6.07) is 2.23. The lowest BCUT2D eigenvalue weighted by molar-refractivity contribution is 0.392. The first kappa shape index (κ1) is 17.0. The van der Waals surface area contributed by atoms with Crippen LogP contribution in [0.15, 0.2) is 4.90 Å². The van der Waals surface area contributed by atoms with Crippen LogP contribution in [0.5, 0.6) is 0 Å². The van der Waals surface area contributed by atoms with Crippen molar-refractivity contribution in [2.24, 2.45) is 5.41 Å². The van der Waals surface area contributed by atoms with Gasteiger partial charge in [-0.2, -0.15) is 10.4 Å². The Morgan fingerprint density at radius 3 is 2.35 bits per heavy atom. The van der Waals surface area contributed by atoms with Crippen LogP contribution in [0.2, 0.25) is 0 Å². The molecule has 0 unspecified atom stereocenters. The van der Waals surface area contributed by atoms with Crippen LogP contribution < -0.4 is 0 Å². The van der Waals surface area contributed by atoms with Crippen molar-refractivity contribution in [3.63, 3.8) is 0 Å². The van der Waals surface area contributed by atoms with E-state index in [-0.39, 0.29) is 4.90 Å². The minimum Gasteiger partial charge on any atom is -0.268 e. The van der Waals surface area contributed by atoms with Crippen molar-refractivity contribution in [3.8, 4) is 6.07 Å². The Morgan fingerprint density at radius 1 is 1.35 bits per heavy atom. The van der Waals surface area contributed by atoms with Crippen LogP contribution in [0.3, 0.4) is 0 Å². The predicted octanol–water partition coefficient (Wildman–Crippen LogP) is 2.88. The number of halogens is 1. The SMILES string of the molecule is CCc1nn(CCC(C)(C)C#N)c(CC)c1S(=O)(=O)Cl. The van der Waals surface area contributed by atoms with Crippen LogP contribution >= 0.6 is 10.7 Å². The third-order valence-electron chi connectivity index (χ3n) is 3.24. The molecule has 0 atom stereocenters. The number of hydrogen-bond acceptors (Lipinski definition) is 4. The van der Waals surface area contributed by atoms with Crippen molar-refractivity contribution in [3.05, 3.63) is 11.4 Å². The molecule has 0 spiro atoms. The quantitative estimate of drug-likeness (QED) is 0.756. The molecule has 0 aromatic carbocycles. The maximum absolute atomic E-state index is 11.7. The average Bonchev–Trinajstić information content (AvgIpc) is 2.74. The van der Waals surface area contributed by atoms with Crippen molar-refractivity contribution in [1.82, 2.24) is 9.78 Å². The first-order chi connectivity index (χ1) is 9.16. The van der Waals surface area contributed by atoms with E-state index in [0.717, 1.165) is 0 Å². The van der Waals surface area contributed by atoms with Gasteiger partial charge in [-0.15, -0.1) is 0 Å². The first-order valence-electron chi connectivity index (χ1n) is 6.60. The highest BCUT2D eigenvalue weighted by molar-refractivity contribution is 8.13. The highest BCUT2D eigenvalue weighted by Crippen LogP contribution is 2.27. The van der Waals surface area contributed by atoms with E-state index < -0.39 is 14.5 Å². The first-order valence-corrected chi connectivity index (χ1v) is 8.91. The van der Waals surface area contributed by atoms with Gasteiger partial charge < -0.3 is 0 Å². The fraction of sp³-hybridized carbons (Fsp3) is 0.692. The molecule has 20 heavy (non-hydrogen) atoms. The second kappa shape index (κ2) is 6.15. The number of aryl methyl sites for hydroxylation is 2. The fourth-order valence-corrected chi connectivity index (χ4v) is 3.55. The van der Waals surface area contributed by atoms with Crippen LogP contribution in [0, 0.1) is 16.7 Å². The maximum atomic E-state index is 11.7. The Balaban J connectivity index is 3.23. The largest absolute Gasteiger partial charge is 0.268 e. The molecule has 112 valence electrons. The van der Waals surface area contributed by atoms with Gasteiger partial charge in [-0.05, 0) is 33.1 Å². The Labute approximate surface area is 125 Å². The third kappa shape index (κ3) is 3.74. The number of nitrogens with zero attached hydrogens (tertiary/aromatic N) is 3. The summed E-state index contributed by atoms with van der Waals surface area (Å²) in [5.74, 6) is 0. The molecule has 0 saturated carbocycles. The van der Waals surface area contributed by atoms with Gasteiger partial charge in [-0.3, -0.25) is 4.68 Å². The molecule has 0 radical (unpaired) electrons. The van der Waals surface area contributed by atoms with Crippen molar-refractivity contribution in [1.29, 1.82) is 5.26 Å². The number of aromatic nitrogens is 2. The Morgan fingerprint density at radius 2 is 1.95 bits per heavy atom. The van der Waals surface area contributed by atoms with Gasteiger partial charge in [0, 0.05) is 17.2 Å². The summed E-state index contributed by atoms with van der Waals surface area (Å²) in [7, 11) is 1.72. The minimum absolute atomic E-state index is 0.138. The summed E-state index contributed by atoms with van der Waals surface area (Å²) in [4.78, 5) is 0.138. The van der Waals surface area contributed by atoms with Gasteiger partial charge in [0.25, 0.3) is 9.05 Å². The molecule has 7 heteroatoms. The highest BCUT2D eigenvalue weighted by Gasteiger charge is 2.26. The van der Waals surface area contributed by atoms with Crippen LogP contribution in [0.4, 0.5) is 0 Å². The monoisotopic (exact) mass is 317 g/mol. The van der Waals surface area contributed by atoms with Gasteiger partial charge in [-0.25, -0.2) is 8.42 Å². The molecule has 1 rings (SSSR count). The zero-order chi connectivity index (χ0) is 15.6. The van der Waals surface area contributed by atoms with E-state index in [1.54, 1.807) is 4.68 Å². The molecule has 0 aliphatic heterocycles. The van der Waals surface area contributed by atoms with Crippen LogP contribution in [-0.4, -0.2) is 18.2 Å². The molecule has 1 aromatic heterocycles. The molecule has 0 saturated heterocycles. The van der Waals surface area contributed by atoms with Gasteiger partial charge in [0.2, 0.25) is 0 Å². The Hall–Kier alpha value is -1.06. The molecule has 1 heterocycles. The molecule has 1 aromatic rings. The lowest BCUT2D eigenvalue weighted by Crippen LogP contribution is -2.15. The molecular formula is C13H20ClN3O2S. The highest BCUT2D eigenvalue weighted by atomic mass is 35.7. The number of rotatable bonds is 6. The number of nitriles is 1. The predicted molar refractivity (Wildman–Crippen MR) is 78.0 cm³/mol. The summed E-state index contributed by atoms with van der Waals surface area (Å²) < 4.78 is 25.1. The second-order valence-corrected chi connectivity index (χ2v) is 7.84. The zero-order valence-electron chi connectivity index (χ0n) is 12.3. The molecule has 0 N–H and O–H groups in total. The average molecular weight is 318 g/mol. The summed E-state index contributed by atoms with van der Waals surface area (Å²) in [6.07, 6.45) is 1.63. The summed E-state index contributed by atoms with van der Waals surface area (Å²) in [5, 5.41) is 13.4. The van der Waals surface area contributed by atoms with Crippen LogP contribution in [-0.2, 0) is 28.4 Å². The third-order valence-corrected chi connectivity index (χ3v) is 4.66. The van der Waals surface area contributed by atoms with Crippen molar-refractivity contribution < 1.29 is 8.42 Å². The van der Waals surface area contributed by atoms with Crippen molar-refractivity contribution >= 4 is 19.7 Å². The summed E-state index contributed by atoms with van der Waals surface area (Å²) >= 11 is 0. The van der Waals surface area contributed by atoms with Crippen LogP contribution in [0.1, 0.15) is 45.5 Å². The number of hydrogen-bond donors (Lipinski definition) is 0. The van der Waals surface area contributed by atoms with E-state index in [0.29, 0.717) is 37.2 Å². The molecule has 5 nitrogen and oxygen atoms in total. The smallest absolute Gasteiger partial charge is 0.264 e. The summed E-state index contributed by atoms with van der Waals surface area (Å²) in [6.45, 7) is 7.91. The van der Waals surface area contributed by atoms with E-state index in [4.69, 9.17) is 15.9 Å². The minimum atomic E-state index is -3.80. The van der Waals surface area contributed by atoms with Crippen molar-refractivity contribution in [2.75, 3.05) is 0 Å². The standard InChI is InChI=1S/C13H20ClN3O2S/c1-5-10-12(20(14,18)19)11(6-2)17(16-10)8-7-13(3,4)9-15/h5-8H2,1-4H3. The molecular weight excluding hydrogens is 298 g/mol. The zero-order valence-corrected chi connectivity index (χ0v) is 13.8. The van der Waals surface area contributed by atoms with Gasteiger partial charge in [0.1, 0.15) is 4.90 Å². The summed E-state index contributed by atoms with van der Waals surface area (Å²) in [5.41, 5.74) is 0.640. The Bertz CT molecular complexity index is 627. The van der Waals surface area contributed by atoms with Gasteiger partial charge >= 0.3 is 0 Å². The van der Waals surface area contributed by atoms with E-state index in [1.165, 1.54) is 0 Å². The Kier molecular flexibility index (Phi) is 5.22. The second-order valence-electron chi connectivity index (χ2n) is 5.34. The molecule has 0 fully saturated rings. The van der Waals surface area contributed by atoms with Gasteiger partial charge in [0.05, 0.1) is 22.9 Å². The van der Waals surface area contributed by atoms with E-state index in [2.05, 4.69) is 11.2 Å². The fourth-order valence-electron chi connectivity index (χ4n) is 2.02. The maximum Gasteiger partial charge on any atom is 0.264 e. The van der Waals surface area contributed by atoms with Crippen LogP contribution in [0.25, 0.3) is 0 Å². The van der Waals surface area contributed by atoms with E-state index in [1.807, 2.05) is 27.7 Å². The van der Waals surface area contributed by atoms with E-state index in [9.17, 15) is 8.42 Å². The lowest BCUT2D eigenvalue weighted by Gasteiger charge is -2.15. The molecule has 0 aliphatic carbocycles. The van der Waals surface area contributed by atoms with E-state index >= 15 is 0 Å². The van der Waals surface area contributed by atoms with Gasteiger partial charge in [-0.1, -0.05) is 13.8 Å². The van der Waals surface area contributed by atoms with Crippen molar-refractivity contribution in [2.45, 2.75) is 58.4 Å².